The summed E-state index contributed by atoms with van der Waals surface area (Å²) in [5, 5.41) is 3.92. The first kappa shape index (κ1) is 14.6. The van der Waals surface area contributed by atoms with E-state index >= 15 is 0 Å². The summed E-state index contributed by atoms with van der Waals surface area (Å²) in [4.78, 5) is 0. The van der Waals surface area contributed by atoms with Crippen molar-refractivity contribution in [2.75, 3.05) is 5.43 Å². The number of nitrogens with zero attached hydrogens (tertiary/aromatic N) is 1. The van der Waals surface area contributed by atoms with E-state index in [0.717, 1.165) is 22.2 Å². The van der Waals surface area contributed by atoms with E-state index in [2.05, 4.69) is 26.5 Å². The van der Waals surface area contributed by atoms with Crippen molar-refractivity contribution in [3.05, 3.63) is 64.1 Å². The maximum Gasteiger partial charge on any atom is 0.416 e. The Morgan fingerprint density at radius 3 is 2.50 bits per heavy atom. The molecule has 0 heterocycles. The number of rotatable bonds is 3. The first-order chi connectivity index (χ1) is 9.47. The average Bonchev–Trinajstić information content (AvgIpc) is 2.40. The highest BCUT2D eigenvalue weighted by Gasteiger charge is 2.30. The Labute approximate surface area is 122 Å². The number of halogens is 4. The van der Waals surface area contributed by atoms with Gasteiger partial charge < -0.3 is 0 Å². The fraction of sp³-hybridized carbons (Fsp3) is 0.0714. The van der Waals surface area contributed by atoms with Gasteiger partial charge in [0.1, 0.15) is 0 Å². The Balaban J connectivity index is 2.10. The van der Waals surface area contributed by atoms with Crippen molar-refractivity contribution < 1.29 is 13.2 Å². The van der Waals surface area contributed by atoms with Gasteiger partial charge in [0.2, 0.25) is 0 Å². The minimum absolute atomic E-state index is 0.281. The number of hydrazone groups is 1. The molecule has 0 unspecified atom stereocenters. The average molecular weight is 343 g/mol. The van der Waals surface area contributed by atoms with Crippen molar-refractivity contribution in [3.63, 3.8) is 0 Å². The molecule has 0 fully saturated rings. The van der Waals surface area contributed by atoms with E-state index < -0.39 is 11.7 Å². The van der Waals surface area contributed by atoms with Crippen LogP contribution in [0.1, 0.15) is 11.1 Å². The number of hydrogen-bond donors (Lipinski definition) is 1. The van der Waals surface area contributed by atoms with Crippen LogP contribution in [0.5, 0.6) is 0 Å². The SMILES string of the molecule is FC(F)(F)c1cccc(N/N=C/c2ccccc2Br)c1. The lowest BCUT2D eigenvalue weighted by molar-refractivity contribution is -0.137. The van der Waals surface area contributed by atoms with Gasteiger partial charge in [-0.1, -0.05) is 40.2 Å². The summed E-state index contributed by atoms with van der Waals surface area (Å²) in [5.74, 6) is 0. The molecule has 0 amide bonds. The van der Waals surface area contributed by atoms with Crippen LogP contribution in [0.3, 0.4) is 0 Å². The van der Waals surface area contributed by atoms with Crippen molar-refractivity contribution in [1.29, 1.82) is 0 Å². The van der Waals surface area contributed by atoms with Crippen LogP contribution in [-0.2, 0) is 6.18 Å². The lowest BCUT2D eigenvalue weighted by atomic mass is 10.2. The van der Waals surface area contributed by atoms with Gasteiger partial charge in [-0.05, 0) is 24.3 Å². The number of anilines is 1. The van der Waals surface area contributed by atoms with Crippen LogP contribution in [0.15, 0.2) is 58.1 Å². The third-order valence-corrected chi connectivity index (χ3v) is 3.21. The number of benzene rings is 2. The largest absolute Gasteiger partial charge is 0.416 e. The quantitative estimate of drug-likeness (QED) is 0.621. The predicted molar refractivity (Wildman–Crippen MR) is 76.8 cm³/mol. The second-order valence-corrected chi connectivity index (χ2v) is 4.82. The molecule has 2 rings (SSSR count). The van der Waals surface area contributed by atoms with Crippen LogP contribution in [0, 0.1) is 0 Å². The van der Waals surface area contributed by atoms with Crippen LogP contribution >= 0.6 is 15.9 Å². The Bertz CT molecular complexity index is 624. The van der Waals surface area contributed by atoms with Crippen molar-refractivity contribution in [1.82, 2.24) is 0 Å². The maximum absolute atomic E-state index is 12.5. The van der Waals surface area contributed by atoms with E-state index in [0.29, 0.717) is 0 Å². The Morgan fingerprint density at radius 2 is 1.80 bits per heavy atom. The summed E-state index contributed by atoms with van der Waals surface area (Å²) in [7, 11) is 0. The molecule has 0 aliphatic carbocycles. The zero-order valence-corrected chi connectivity index (χ0v) is 11.7. The molecule has 0 saturated carbocycles. The highest BCUT2D eigenvalue weighted by atomic mass is 79.9. The predicted octanol–water partition coefficient (Wildman–Crippen LogP) is 4.91. The molecule has 0 radical (unpaired) electrons. The van der Waals surface area contributed by atoms with Crippen LogP contribution < -0.4 is 5.43 Å². The number of hydrogen-bond acceptors (Lipinski definition) is 2. The molecule has 0 bridgehead atoms. The van der Waals surface area contributed by atoms with Crippen LogP contribution in [-0.4, -0.2) is 6.21 Å². The molecule has 2 aromatic carbocycles. The van der Waals surface area contributed by atoms with Gasteiger partial charge in [0.15, 0.2) is 0 Å². The molecule has 0 aliphatic rings. The van der Waals surface area contributed by atoms with E-state index in [4.69, 9.17) is 0 Å². The molecular weight excluding hydrogens is 333 g/mol. The summed E-state index contributed by atoms with van der Waals surface area (Å²) in [5.41, 5.74) is 2.98. The minimum Gasteiger partial charge on any atom is -0.278 e. The minimum atomic E-state index is -4.36. The summed E-state index contributed by atoms with van der Waals surface area (Å²) < 4.78 is 38.5. The normalized spacial score (nSPS) is 11.8. The summed E-state index contributed by atoms with van der Waals surface area (Å²) in [6.45, 7) is 0. The number of alkyl halides is 3. The second kappa shape index (κ2) is 6.09. The molecular formula is C14H10BrF3N2. The summed E-state index contributed by atoms with van der Waals surface area (Å²) in [6, 6.07) is 12.3. The van der Waals surface area contributed by atoms with Gasteiger partial charge in [0.05, 0.1) is 17.5 Å². The van der Waals surface area contributed by atoms with Gasteiger partial charge in [-0.3, -0.25) is 5.43 Å². The first-order valence-electron chi connectivity index (χ1n) is 5.68. The highest BCUT2D eigenvalue weighted by Crippen LogP contribution is 2.30. The van der Waals surface area contributed by atoms with Crippen LogP contribution in [0.25, 0.3) is 0 Å². The van der Waals surface area contributed by atoms with Crippen molar-refractivity contribution in [3.8, 4) is 0 Å². The zero-order valence-electron chi connectivity index (χ0n) is 10.2. The molecule has 104 valence electrons. The van der Waals surface area contributed by atoms with E-state index in [-0.39, 0.29) is 5.69 Å². The lowest BCUT2D eigenvalue weighted by Crippen LogP contribution is -2.05. The Morgan fingerprint density at radius 1 is 1.05 bits per heavy atom. The third-order valence-electron chi connectivity index (χ3n) is 2.49. The standard InChI is InChI=1S/C14H10BrF3N2/c15-13-7-2-1-4-10(13)9-19-20-12-6-3-5-11(8-12)14(16,17)18/h1-9,20H/b19-9+. The second-order valence-electron chi connectivity index (χ2n) is 3.97. The molecule has 1 N–H and O–H groups in total. The topological polar surface area (TPSA) is 24.4 Å². The summed E-state index contributed by atoms with van der Waals surface area (Å²) >= 11 is 3.35. The van der Waals surface area contributed by atoms with Gasteiger partial charge in [-0.25, -0.2) is 0 Å². The van der Waals surface area contributed by atoms with Crippen molar-refractivity contribution >= 4 is 27.8 Å². The maximum atomic E-state index is 12.5. The summed E-state index contributed by atoms with van der Waals surface area (Å²) in [6.07, 6.45) is -2.83. The molecule has 2 nitrogen and oxygen atoms in total. The zero-order chi connectivity index (χ0) is 14.6. The van der Waals surface area contributed by atoms with E-state index in [9.17, 15) is 13.2 Å². The van der Waals surface area contributed by atoms with E-state index in [1.807, 2.05) is 24.3 Å². The van der Waals surface area contributed by atoms with Crippen molar-refractivity contribution in [2.45, 2.75) is 6.18 Å². The Hall–Kier alpha value is -1.82. The van der Waals surface area contributed by atoms with Crippen LogP contribution in [0.2, 0.25) is 0 Å². The monoisotopic (exact) mass is 342 g/mol. The van der Waals surface area contributed by atoms with Gasteiger partial charge in [-0.2, -0.15) is 18.3 Å². The molecule has 0 atom stereocenters. The van der Waals surface area contributed by atoms with Crippen molar-refractivity contribution in [2.24, 2.45) is 5.10 Å². The van der Waals surface area contributed by atoms with Gasteiger partial charge >= 0.3 is 6.18 Å². The molecule has 0 aromatic heterocycles. The molecule has 2 aromatic rings. The molecule has 0 spiro atoms. The molecule has 6 heteroatoms. The van der Waals surface area contributed by atoms with Gasteiger partial charge in [-0.15, -0.1) is 0 Å². The lowest BCUT2D eigenvalue weighted by Gasteiger charge is -2.08. The fourth-order valence-corrected chi connectivity index (χ4v) is 1.91. The Kier molecular flexibility index (Phi) is 4.44. The molecule has 20 heavy (non-hydrogen) atoms. The fourth-order valence-electron chi connectivity index (χ4n) is 1.52. The first-order valence-corrected chi connectivity index (χ1v) is 6.47. The highest BCUT2D eigenvalue weighted by molar-refractivity contribution is 9.10. The van der Waals surface area contributed by atoms with Crippen LogP contribution in [0.4, 0.5) is 18.9 Å². The molecule has 0 aliphatic heterocycles. The van der Waals surface area contributed by atoms with Gasteiger partial charge in [0.25, 0.3) is 0 Å². The third kappa shape index (κ3) is 3.84. The van der Waals surface area contributed by atoms with E-state index in [1.54, 1.807) is 0 Å². The smallest absolute Gasteiger partial charge is 0.278 e. The number of nitrogens with one attached hydrogen (secondary N) is 1. The molecule has 0 saturated heterocycles. The van der Waals surface area contributed by atoms with E-state index in [1.165, 1.54) is 18.3 Å². The van der Waals surface area contributed by atoms with Gasteiger partial charge in [0, 0.05) is 10.0 Å².